The fourth-order valence-corrected chi connectivity index (χ4v) is 2.54. The van der Waals surface area contributed by atoms with Gasteiger partial charge in [-0.15, -0.1) is 0 Å². The SMILES string of the molecule is CC(C)C(Br)C(=O)NC1CCc2ccccc2C1. The topological polar surface area (TPSA) is 29.1 Å². The van der Waals surface area contributed by atoms with Crippen molar-refractivity contribution in [3.05, 3.63) is 35.4 Å². The number of fused-ring (bicyclic) bond motifs is 1. The van der Waals surface area contributed by atoms with Crippen molar-refractivity contribution < 1.29 is 4.79 Å². The Bertz CT molecular complexity index is 430. The molecule has 1 aromatic rings. The Kier molecular flexibility index (Phi) is 4.44. The first-order valence-electron chi connectivity index (χ1n) is 6.59. The molecule has 1 aliphatic carbocycles. The monoisotopic (exact) mass is 309 g/mol. The van der Waals surface area contributed by atoms with E-state index >= 15 is 0 Å². The van der Waals surface area contributed by atoms with Crippen molar-refractivity contribution in [1.29, 1.82) is 0 Å². The zero-order valence-electron chi connectivity index (χ0n) is 10.9. The molecule has 2 unspecified atom stereocenters. The number of nitrogens with one attached hydrogen (secondary N) is 1. The molecular weight excluding hydrogens is 290 g/mol. The van der Waals surface area contributed by atoms with Crippen LogP contribution in [0.5, 0.6) is 0 Å². The summed E-state index contributed by atoms with van der Waals surface area (Å²) >= 11 is 3.45. The Balaban J connectivity index is 1.96. The fraction of sp³-hybridized carbons (Fsp3) is 0.533. The van der Waals surface area contributed by atoms with Gasteiger partial charge in [0.25, 0.3) is 0 Å². The second kappa shape index (κ2) is 5.87. The first kappa shape index (κ1) is 13.6. The van der Waals surface area contributed by atoms with Crippen molar-refractivity contribution in [3.8, 4) is 0 Å². The summed E-state index contributed by atoms with van der Waals surface area (Å²) in [5.74, 6) is 0.440. The predicted octanol–water partition coefficient (Wildman–Crippen LogP) is 3.08. The van der Waals surface area contributed by atoms with Crippen LogP contribution < -0.4 is 5.32 Å². The summed E-state index contributed by atoms with van der Waals surface area (Å²) < 4.78 is 0. The summed E-state index contributed by atoms with van der Waals surface area (Å²) in [7, 11) is 0. The van der Waals surface area contributed by atoms with Gasteiger partial charge in [0.05, 0.1) is 4.83 Å². The van der Waals surface area contributed by atoms with Crippen LogP contribution in [0.2, 0.25) is 0 Å². The molecule has 1 aliphatic rings. The average molecular weight is 310 g/mol. The van der Waals surface area contributed by atoms with E-state index in [4.69, 9.17) is 0 Å². The number of hydrogen-bond donors (Lipinski definition) is 1. The first-order valence-corrected chi connectivity index (χ1v) is 7.50. The van der Waals surface area contributed by atoms with E-state index in [9.17, 15) is 4.79 Å². The second-order valence-electron chi connectivity index (χ2n) is 5.36. The molecule has 0 spiro atoms. The molecule has 0 aliphatic heterocycles. The molecule has 1 aromatic carbocycles. The highest BCUT2D eigenvalue weighted by molar-refractivity contribution is 9.10. The van der Waals surface area contributed by atoms with Crippen LogP contribution in [0.1, 0.15) is 31.4 Å². The summed E-state index contributed by atoms with van der Waals surface area (Å²) in [5.41, 5.74) is 2.81. The molecule has 1 amide bonds. The van der Waals surface area contributed by atoms with Crippen LogP contribution in [0.3, 0.4) is 0 Å². The maximum Gasteiger partial charge on any atom is 0.234 e. The summed E-state index contributed by atoms with van der Waals surface area (Å²) in [6.07, 6.45) is 3.07. The van der Waals surface area contributed by atoms with E-state index in [2.05, 4.69) is 59.4 Å². The molecular formula is C15H20BrNO. The Morgan fingerprint density at radius 1 is 1.33 bits per heavy atom. The van der Waals surface area contributed by atoms with Crippen molar-refractivity contribution in [2.75, 3.05) is 0 Å². The lowest BCUT2D eigenvalue weighted by molar-refractivity contribution is -0.121. The molecule has 2 atom stereocenters. The maximum atomic E-state index is 12.0. The van der Waals surface area contributed by atoms with Gasteiger partial charge in [0.1, 0.15) is 0 Å². The number of halogens is 1. The molecule has 0 saturated heterocycles. The van der Waals surface area contributed by atoms with E-state index in [0.29, 0.717) is 5.92 Å². The average Bonchev–Trinajstić information content (AvgIpc) is 2.37. The van der Waals surface area contributed by atoms with Crippen molar-refractivity contribution in [3.63, 3.8) is 0 Å². The molecule has 3 heteroatoms. The van der Waals surface area contributed by atoms with Crippen LogP contribution >= 0.6 is 15.9 Å². The van der Waals surface area contributed by atoms with Crippen LogP contribution in [-0.4, -0.2) is 16.8 Å². The van der Waals surface area contributed by atoms with Gasteiger partial charge in [-0.3, -0.25) is 4.79 Å². The third-order valence-corrected chi connectivity index (χ3v) is 5.00. The lowest BCUT2D eigenvalue weighted by Crippen LogP contribution is -2.43. The Morgan fingerprint density at radius 3 is 2.67 bits per heavy atom. The standard InChI is InChI=1S/C15H20BrNO/c1-10(2)14(16)15(18)17-13-8-7-11-5-3-4-6-12(11)9-13/h3-6,10,13-14H,7-9H2,1-2H3,(H,17,18). The van der Waals surface area contributed by atoms with Crippen molar-refractivity contribution in [2.45, 2.75) is 44.0 Å². The fourth-order valence-electron chi connectivity index (χ4n) is 2.40. The Morgan fingerprint density at radius 2 is 2.00 bits per heavy atom. The van der Waals surface area contributed by atoms with Gasteiger partial charge in [0.15, 0.2) is 0 Å². The van der Waals surface area contributed by atoms with E-state index in [-0.39, 0.29) is 16.8 Å². The molecule has 2 nitrogen and oxygen atoms in total. The number of carbonyl (C=O) groups is 1. The number of carbonyl (C=O) groups excluding carboxylic acids is 1. The molecule has 98 valence electrons. The molecule has 18 heavy (non-hydrogen) atoms. The lowest BCUT2D eigenvalue weighted by atomic mass is 9.88. The number of hydrogen-bond acceptors (Lipinski definition) is 1. The van der Waals surface area contributed by atoms with E-state index < -0.39 is 0 Å². The Hall–Kier alpha value is -0.830. The van der Waals surface area contributed by atoms with Crippen LogP contribution in [0.15, 0.2) is 24.3 Å². The highest BCUT2D eigenvalue weighted by Crippen LogP contribution is 2.21. The summed E-state index contributed by atoms with van der Waals surface area (Å²) in [6, 6.07) is 8.80. The third-order valence-electron chi connectivity index (χ3n) is 3.53. The largest absolute Gasteiger partial charge is 0.352 e. The van der Waals surface area contributed by atoms with E-state index in [0.717, 1.165) is 19.3 Å². The minimum atomic E-state index is -0.0883. The van der Waals surface area contributed by atoms with Gasteiger partial charge < -0.3 is 5.32 Å². The van der Waals surface area contributed by atoms with E-state index in [1.54, 1.807) is 0 Å². The normalized spacial score (nSPS) is 20.3. The van der Waals surface area contributed by atoms with E-state index in [1.165, 1.54) is 11.1 Å². The number of benzene rings is 1. The number of amides is 1. The van der Waals surface area contributed by atoms with Crippen LogP contribution in [0.25, 0.3) is 0 Å². The lowest BCUT2D eigenvalue weighted by Gasteiger charge is -2.27. The van der Waals surface area contributed by atoms with Gasteiger partial charge in [0, 0.05) is 6.04 Å². The summed E-state index contributed by atoms with van der Waals surface area (Å²) in [5, 5.41) is 3.16. The quantitative estimate of drug-likeness (QED) is 0.854. The van der Waals surface area contributed by atoms with Crippen LogP contribution in [-0.2, 0) is 17.6 Å². The number of alkyl halides is 1. The van der Waals surface area contributed by atoms with Gasteiger partial charge in [-0.2, -0.15) is 0 Å². The zero-order chi connectivity index (χ0) is 13.1. The van der Waals surface area contributed by atoms with Gasteiger partial charge in [-0.25, -0.2) is 0 Å². The van der Waals surface area contributed by atoms with E-state index in [1.807, 2.05) is 0 Å². The highest BCUT2D eigenvalue weighted by atomic mass is 79.9. The molecule has 0 fully saturated rings. The number of aryl methyl sites for hydroxylation is 1. The van der Waals surface area contributed by atoms with Gasteiger partial charge in [-0.05, 0) is 36.3 Å². The van der Waals surface area contributed by atoms with Crippen LogP contribution in [0, 0.1) is 5.92 Å². The second-order valence-corrected chi connectivity index (χ2v) is 6.35. The summed E-state index contributed by atoms with van der Waals surface area (Å²) in [4.78, 5) is 11.9. The molecule has 2 rings (SSSR count). The molecule has 0 saturated carbocycles. The van der Waals surface area contributed by atoms with Crippen molar-refractivity contribution >= 4 is 21.8 Å². The smallest absolute Gasteiger partial charge is 0.234 e. The molecule has 0 radical (unpaired) electrons. The van der Waals surface area contributed by atoms with Crippen molar-refractivity contribution in [1.82, 2.24) is 5.32 Å². The molecule has 0 heterocycles. The summed E-state index contributed by atoms with van der Waals surface area (Å²) in [6.45, 7) is 4.10. The zero-order valence-corrected chi connectivity index (χ0v) is 12.5. The van der Waals surface area contributed by atoms with Gasteiger partial charge in [-0.1, -0.05) is 54.0 Å². The molecule has 0 bridgehead atoms. The Labute approximate surface area is 117 Å². The number of rotatable bonds is 3. The van der Waals surface area contributed by atoms with Crippen LogP contribution in [0.4, 0.5) is 0 Å². The predicted molar refractivity (Wildman–Crippen MR) is 78.0 cm³/mol. The minimum absolute atomic E-state index is 0.0883. The molecule has 1 N–H and O–H groups in total. The van der Waals surface area contributed by atoms with Gasteiger partial charge in [0.2, 0.25) is 5.91 Å². The molecule has 0 aromatic heterocycles. The first-order chi connectivity index (χ1) is 8.58. The highest BCUT2D eigenvalue weighted by Gasteiger charge is 2.24. The van der Waals surface area contributed by atoms with Crippen molar-refractivity contribution in [2.24, 2.45) is 5.92 Å². The van der Waals surface area contributed by atoms with Gasteiger partial charge >= 0.3 is 0 Å². The maximum absolute atomic E-state index is 12.0. The minimum Gasteiger partial charge on any atom is -0.352 e. The third kappa shape index (κ3) is 3.14.